The summed E-state index contributed by atoms with van der Waals surface area (Å²) in [5, 5.41) is 0. The lowest BCUT2D eigenvalue weighted by molar-refractivity contribution is -0.142. The second-order valence-corrected chi connectivity index (χ2v) is 6.48. The molecule has 1 aromatic carbocycles. The predicted octanol–water partition coefficient (Wildman–Crippen LogP) is 2.96. The summed E-state index contributed by atoms with van der Waals surface area (Å²) in [6.07, 6.45) is 5.76. The minimum atomic E-state index is -0.00638. The van der Waals surface area contributed by atoms with Gasteiger partial charge in [0.05, 0.1) is 6.61 Å². The molecule has 2 aliphatic heterocycles. The quantitative estimate of drug-likeness (QED) is 0.797. The fourth-order valence-electron chi connectivity index (χ4n) is 3.50. The summed E-state index contributed by atoms with van der Waals surface area (Å²) in [5.41, 5.74) is 2.78. The van der Waals surface area contributed by atoms with Crippen LogP contribution in [0, 0.1) is 12.8 Å². The summed E-state index contributed by atoms with van der Waals surface area (Å²) in [5.74, 6) is 0.799. The van der Waals surface area contributed by atoms with Gasteiger partial charge in [-0.2, -0.15) is 0 Å². The van der Waals surface area contributed by atoms with Crippen molar-refractivity contribution in [2.75, 3.05) is 19.7 Å². The number of piperidine rings is 1. The van der Waals surface area contributed by atoms with Gasteiger partial charge >= 0.3 is 5.97 Å². The van der Waals surface area contributed by atoms with Crippen molar-refractivity contribution in [2.24, 2.45) is 5.92 Å². The Labute approximate surface area is 127 Å². The molecule has 21 heavy (non-hydrogen) atoms. The Bertz CT molecular complexity index is 474. The number of benzene rings is 1. The zero-order chi connectivity index (χ0) is 14.7. The molecule has 2 saturated heterocycles. The second kappa shape index (κ2) is 6.61. The van der Waals surface area contributed by atoms with E-state index in [1.165, 1.54) is 36.8 Å². The van der Waals surface area contributed by atoms with Crippen LogP contribution in [-0.2, 0) is 16.0 Å². The Kier molecular flexibility index (Phi) is 4.59. The molecule has 0 saturated carbocycles. The number of esters is 1. The number of carbonyl (C=O) groups excluding carboxylic acids is 1. The first-order valence-electron chi connectivity index (χ1n) is 8.18. The van der Waals surface area contributed by atoms with Crippen LogP contribution >= 0.6 is 0 Å². The molecule has 3 heteroatoms. The maximum absolute atomic E-state index is 11.6. The monoisotopic (exact) mass is 287 g/mol. The van der Waals surface area contributed by atoms with Crippen molar-refractivity contribution < 1.29 is 9.53 Å². The van der Waals surface area contributed by atoms with E-state index in [9.17, 15) is 4.79 Å². The van der Waals surface area contributed by atoms with Crippen molar-refractivity contribution >= 4 is 5.97 Å². The minimum Gasteiger partial charge on any atom is -0.464 e. The van der Waals surface area contributed by atoms with Gasteiger partial charge in [-0.25, -0.2) is 0 Å². The molecule has 0 bridgehead atoms. The lowest BCUT2D eigenvalue weighted by atomic mass is 9.89. The zero-order valence-corrected chi connectivity index (χ0v) is 12.9. The van der Waals surface area contributed by atoms with Crippen LogP contribution in [0.2, 0.25) is 0 Å². The SMILES string of the molecule is Cc1ccc(CCC2CCN(C3CCOC3=O)CC2)cc1. The summed E-state index contributed by atoms with van der Waals surface area (Å²) >= 11 is 0. The van der Waals surface area contributed by atoms with Gasteiger partial charge < -0.3 is 4.74 Å². The second-order valence-electron chi connectivity index (χ2n) is 6.48. The van der Waals surface area contributed by atoms with Crippen molar-refractivity contribution in [3.63, 3.8) is 0 Å². The molecular weight excluding hydrogens is 262 g/mol. The van der Waals surface area contributed by atoms with E-state index in [0.717, 1.165) is 25.4 Å². The lowest BCUT2D eigenvalue weighted by Crippen LogP contribution is -2.43. The summed E-state index contributed by atoms with van der Waals surface area (Å²) in [4.78, 5) is 14.0. The van der Waals surface area contributed by atoms with Crippen LogP contribution in [0.5, 0.6) is 0 Å². The number of cyclic esters (lactones) is 1. The van der Waals surface area contributed by atoms with Gasteiger partial charge in [0.1, 0.15) is 6.04 Å². The summed E-state index contributed by atoms with van der Waals surface area (Å²) < 4.78 is 5.08. The molecule has 2 aliphatic rings. The Hall–Kier alpha value is -1.35. The van der Waals surface area contributed by atoms with Crippen molar-refractivity contribution in [3.8, 4) is 0 Å². The molecule has 3 rings (SSSR count). The molecule has 0 aliphatic carbocycles. The van der Waals surface area contributed by atoms with Gasteiger partial charge in [0.15, 0.2) is 0 Å². The van der Waals surface area contributed by atoms with Gasteiger partial charge in [-0.3, -0.25) is 9.69 Å². The molecule has 114 valence electrons. The number of nitrogens with zero attached hydrogens (tertiary/aromatic N) is 1. The number of likely N-dealkylation sites (tertiary alicyclic amines) is 1. The maximum atomic E-state index is 11.6. The molecule has 0 spiro atoms. The Balaban J connectivity index is 1.43. The zero-order valence-electron chi connectivity index (χ0n) is 12.9. The van der Waals surface area contributed by atoms with Gasteiger partial charge in [-0.05, 0) is 57.2 Å². The number of carbonyl (C=O) groups is 1. The Morgan fingerprint density at radius 3 is 2.48 bits per heavy atom. The lowest BCUT2D eigenvalue weighted by Gasteiger charge is -2.34. The van der Waals surface area contributed by atoms with Crippen LogP contribution in [0.3, 0.4) is 0 Å². The third kappa shape index (κ3) is 3.65. The molecule has 0 aromatic heterocycles. The van der Waals surface area contributed by atoms with Crippen LogP contribution in [0.15, 0.2) is 24.3 Å². The van der Waals surface area contributed by atoms with Crippen molar-refractivity contribution in [1.29, 1.82) is 0 Å². The molecule has 1 atom stereocenters. The highest BCUT2D eigenvalue weighted by Gasteiger charge is 2.34. The molecule has 1 unspecified atom stereocenters. The van der Waals surface area contributed by atoms with Crippen molar-refractivity contribution in [1.82, 2.24) is 4.90 Å². The molecule has 1 aromatic rings. The average Bonchev–Trinajstić information content (AvgIpc) is 2.93. The third-order valence-electron chi connectivity index (χ3n) is 4.96. The average molecular weight is 287 g/mol. The summed E-state index contributed by atoms with van der Waals surface area (Å²) in [7, 11) is 0. The van der Waals surface area contributed by atoms with E-state index >= 15 is 0 Å². The number of ether oxygens (including phenoxy) is 1. The van der Waals surface area contributed by atoms with E-state index < -0.39 is 0 Å². The van der Waals surface area contributed by atoms with Gasteiger partial charge in [0, 0.05) is 6.42 Å². The number of hydrogen-bond acceptors (Lipinski definition) is 3. The molecule has 0 N–H and O–H groups in total. The first-order valence-corrected chi connectivity index (χ1v) is 8.18. The summed E-state index contributed by atoms with van der Waals surface area (Å²) in [6.45, 7) is 4.85. The van der Waals surface area contributed by atoms with Crippen LogP contribution in [-0.4, -0.2) is 36.6 Å². The number of aryl methyl sites for hydroxylation is 2. The normalized spacial score (nSPS) is 24.2. The number of hydrogen-bond donors (Lipinski definition) is 0. The Morgan fingerprint density at radius 1 is 1.14 bits per heavy atom. The largest absolute Gasteiger partial charge is 0.464 e. The van der Waals surface area contributed by atoms with Crippen LogP contribution < -0.4 is 0 Å². The fraction of sp³-hybridized carbons (Fsp3) is 0.611. The van der Waals surface area contributed by atoms with Crippen molar-refractivity contribution in [3.05, 3.63) is 35.4 Å². The third-order valence-corrected chi connectivity index (χ3v) is 4.96. The Morgan fingerprint density at radius 2 is 1.86 bits per heavy atom. The smallest absolute Gasteiger partial charge is 0.323 e. The fourth-order valence-corrected chi connectivity index (χ4v) is 3.50. The van der Waals surface area contributed by atoms with E-state index in [0.29, 0.717) is 6.61 Å². The van der Waals surface area contributed by atoms with E-state index in [1.54, 1.807) is 0 Å². The predicted molar refractivity (Wildman–Crippen MR) is 83.2 cm³/mol. The highest BCUT2D eigenvalue weighted by Crippen LogP contribution is 2.26. The molecule has 0 amide bonds. The highest BCUT2D eigenvalue weighted by atomic mass is 16.5. The van der Waals surface area contributed by atoms with Crippen molar-refractivity contribution in [2.45, 2.75) is 45.1 Å². The first-order chi connectivity index (χ1) is 10.2. The van der Waals surface area contributed by atoms with Gasteiger partial charge in [0.25, 0.3) is 0 Å². The van der Waals surface area contributed by atoms with Crippen LogP contribution in [0.4, 0.5) is 0 Å². The first kappa shape index (κ1) is 14.6. The standard InChI is InChI=1S/C18H25NO2/c1-14-2-4-15(5-3-14)6-7-16-8-11-19(12-9-16)17-10-13-21-18(17)20/h2-5,16-17H,6-13H2,1H3. The van der Waals surface area contributed by atoms with E-state index in [-0.39, 0.29) is 12.0 Å². The van der Waals surface area contributed by atoms with E-state index in [2.05, 4.69) is 36.1 Å². The summed E-state index contributed by atoms with van der Waals surface area (Å²) in [6, 6.07) is 8.94. The van der Waals surface area contributed by atoms with E-state index in [1.807, 2.05) is 0 Å². The molecular formula is C18H25NO2. The molecule has 3 nitrogen and oxygen atoms in total. The molecule has 0 radical (unpaired) electrons. The maximum Gasteiger partial charge on any atom is 0.323 e. The van der Waals surface area contributed by atoms with Gasteiger partial charge in [0.2, 0.25) is 0 Å². The van der Waals surface area contributed by atoms with E-state index in [4.69, 9.17) is 4.74 Å². The topological polar surface area (TPSA) is 29.5 Å². The van der Waals surface area contributed by atoms with Crippen LogP contribution in [0.25, 0.3) is 0 Å². The van der Waals surface area contributed by atoms with Gasteiger partial charge in [-0.1, -0.05) is 29.8 Å². The highest BCUT2D eigenvalue weighted by molar-refractivity contribution is 5.77. The number of rotatable bonds is 4. The minimum absolute atomic E-state index is 0.00638. The molecule has 2 heterocycles. The van der Waals surface area contributed by atoms with Gasteiger partial charge in [-0.15, -0.1) is 0 Å². The van der Waals surface area contributed by atoms with Crippen LogP contribution in [0.1, 0.15) is 36.8 Å². The molecule has 2 fully saturated rings.